The first kappa shape index (κ1) is 18.4. The van der Waals surface area contributed by atoms with Gasteiger partial charge >= 0.3 is 0 Å². The maximum Gasteiger partial charge on any atom is 0.253 e. The summed E-state index contributed by atoms with van der Waals surface area (Å²) in [6.45, 7) is 7.77. The van der Waals surface area contributed by atoms with Gasteiger partial charge in [-0.05, 0) is 89.2 Å². The fourth-order valence-corrected chi connectivity index (χ4v) is 4.06. The average molecular weight is 344 g/mol. The molecule has 0 unspecified atom stereocenters. The molecule has 0 aromatic heterocycles. The van der Waals surface area contributed by atoms with Gasteiger partial charge in [0.1, 0.15) is 0 Å². The number of piperidine rings is 1. The molecule has 1 amide bonds. The molecule has 1 N–H and O–H groups in total. The molecule has 1 aromatic rings. The largest absolute Gasteiger partial charge is 0.390 e. The van der Waals surface area contributed by atoms with Crippen molar-refractivity contribution in [3.8, 4) is 0 Å². The minimum absolute atomic E-state index is 0.171. The van der Waals surface area contributed by atoms with Crippen LogP contribution in [0.5, 0.6) is 0 Å². The molecular weight excluding hydrogens is 312 g/mol. The molecule has 2 heterocycles. The van der Waals surface area contributed by atoms with E-state index in [0.717, 1.165) is 51.0 Å². The summed E-state index contributed by atoms with van der Waals surface area (Å²) in [6.07, 6.45) is 5.13. The predicted octanol–water partition coefficient (Wildman–Crippen LogP) is 2.95. The summed E-state index contributed by atoms with van der Waals surface area (Å²) in [6, 6.07) is 7.95. The Hall–Kier alpha value is -1.39. The van der Waals surface area contributed by atoms with E-state index in [2.05, 4.69) is 16.8 Å². The van der Waals surface area contributed by atoms with Crippen molar-refractivity contribution in [3.63, 3.8) is 0 Å². The zero-order valence-electron chi connectivity index (χ0n) is 15.9. The number of hydrogen-bond acceptors (Lipinski definition) is 3. The van der Waals surface area contributed by atoms with Crippen molar-refractivity contribution >= 4 is 5.91 Å². The molecule has 2 saturated heterocycles. The van der Waals surface area contributed by atoms with E-state index in [-0.39, 0.29) is 5.91 Å². The third kappa shape index (κ3) is 4.62. The Kier molecular flexibility index (Phi) is 5.21. The van der Waals surface area contributed by atoms with Gasteiger partial charge in [-0.3, -0.25) is 4.79 Å². The number of carbonyl (C=O) groups excluding carboxylic acids is 1. The van der Waals surface area contributed by atoms with Crippen molar-refractivity contribution in [1.29, 1.82) is 0 Å². The molecule has 1 spiro atoms. The number of nitrogens with zero attached hydrogens (tertiary/aromatic N) is 2. The molecule has 3 rings (SSSR count). The Bertz CT molecular complexity index is 595. The van der Waals surface area contributed by atoms with E-state index < -0.39 is 5.60 Å². The minimum Gasteiger partial charge on any atom is -0.390 e. The lowest BCUT2D eigenvalue weighted by molar-refractivity contribution is 0.0711. The summed E-state index contributed by atoms with van der Waals surface area (Å²) in [5.74, 6) is 0.171. The highest BCUT2D eigenvalue weighted by atomic mass is 16.3. The number of aliphatic hydroxyl groups is 1. The van der Waals surface area contributed by atoms with Gasteiger partial charge in [0, 0.05) is 18.7 Å². The summed E-state index contributed by atoms with van der Waals surface area (Å²) in [5.41, 5.74) is 1.67. The van der Waals surface area contributed by atoms with E-state index in [0.29, 0.717) is 5.41 Å². The van der Waals surface area contributed by atoms with Crippen LogP contribution in [0.25, 0.3) is 0 Å². The number of likely N-dealkylation sites (tertiary alicyclic amines) is 2. The second kappa shape index (κ2) is 7.08. The topological polar surface area (TPSA) is 43.8 Å². The number of hydrogen-bond donors (Lipinski definition) is 1. The molecular formula is C21H32N2O2. The molecule has 2 fully saturated rings. The van der Waals surface area contributed by atoms with E-state index in [9.17, 15) is 9.90 Å². The van der Waals surface area contributed by atoms with Crippen LogP contribution in [0.15, 0.2) is 24.3 Å². The first-order chi connectivity index (χ1) is 11.8. The second-order valence-electron chi connectivity index (χ2n) is 8.79. The SMILES string of the molecule is CN1CCC2(CC1)CCN(C(=O)c1ccc(CCC(C)(C)O)cc1)C2. The molecule has 4 heteroatoms. The molecule has 0 saturated carbocycles. The Balaban J connectivity index is 1.58. The van der Waals surface area contributed by atoms with Gasteiger partial charge in [-0.15, -0.1) is 0 Å². The summed E-state index contributed by atoms with van der Waals surface area (Å²) < 4.78 is 0. The molecule has 1 aromatic carbocycles. The van der Waals surface area contributed by atoms with Crippen LogP contribution in [0.2, 0.25) is 0 Å². The molecule has 0 bridgehead atoms. The van der Waals surface area contributed by atoms with E-state index >= 15 is 0 Å². The maximum absolute atomic E-state index is 12.8. The van der Waals surface area contributed by atoms with Crippen molar-refractivity contribution in [2.45, 2.75) is 51.6 Å². The Morgan fingerprint density at radius 3 is 2.32 bits per heavy atom. The third-order valence-electron chi connectivity index (χ3n) is 6.00. The molecule has 0 atom stereocenters. The van der Waals surface area contributed by atoms with Crippen molar-refractivity contribution in [2.24, 2.45) is 5.41 Å². The fourth-order valence-electron chi connectivity index (χ4n) is 4.06. The van der Waals surface area contributed by atoms with Crippen molar-refractivity contribution in [1.82, 2.24) is 9.80 Å². The van der Waals surface area contributed by atoms with Gasteiger partial charge in [0.25, 0.3) is 5.91 Å². The van der Waals surface area contributed by atoms with Gasteiger partial charge in [-0.25, -0.2) is 0 Å². The first-order valence-corrected chi connectivity index (χ1v) is 9.56. The standard InChI is InChI=1S/C21H32N2O2/c1-20(2,25)9-8-17-4-6-18(7-5-17)19(24)23-15-12-21(16-23)10-13-22(3)14-11-21/h4-7,25H,8-16H2,1-3H3. The molecule has 0 aliphatic carbocycles. The second-order valence-corrected chi connectivity index (χ2v) is 8.79. The van der Waals surface area contributed by atoms with Gasteiger partial charge in [0.05, 0.1) is 5.60 Å². The number of carbonyl (C=O) groups is 1. The van der Waals surface area contributed by atoms with Gasteiger partial charge in [-0.1, -0.05) is 12.1 Å². The number of benzene rings is 1. The summed E-state index contributed by atoms with van der Waals surface area (Å²) in [4.78, 5) is 17.3. The molecule has 0 radical (unpaired) electrons. The predicted molar refractivity (Wildman–Crippen MR) is 101 cm³/mol. The van der Waals surface area contributed by atoms with Crippen LogP contribution < -0.4 is 0 Å². The molecule has 138 valence electrons. The first-order valence-electron chi connectivity index (χ1n) is 9.56. The number of aryl methyl sites for hydroxylation is 1. The van der Waals surface area contributed by atoms with Gasteiger partial charge in [-0.2, -0.15) is 0 Å². The lowest BCUT2D eigenvalue weighted by Gasteiger charge is -2.37. The Labute approximate surface area is 151 Å². The number of rotatable bonds is 4. The van der Waals surface area contributed by atoms with E-state index in [4.69, 9.17) is 0 Å². The highest BCUT2D eigenvalue weighted by Crippen LogP contribution is 2.40. The zero-order valence-corrected chi connectivity index (χ0v) is 15.9. The normalized spacial score (nSPS) is 21.0. The Morgan fingerprint density at radius 1 is 1.12 bits per heavy atom. The van der Waals surface area contributed by atoms with Crippen LogP contribution in [-0.4, -0.2) is 59.6 Å². The zero-order chi connectivity index (χ0) is 18.1. The van der Waals surface area contributed by atoms with Crippen LogP contribution in [0, 0.1) is 5.41 Å². The van der Waals surface area contributed by atoms with Crippen LogP contribution in [0.3, 0.4) is 0 Å². The average Bonchev–Trinajstić information content (AvgIpc) is 2.99. The quantitative estimate of drug-likeness (QED) is 0.913. The van der Waals surface area contributed by atoms with Gasteiger partial charge in [0.15, 0.2) is 0 Å². The lowest BCUT2D eigenvalue weighted by atomic mass is 9.78. The summed E-state index contributed by atoms with van der Waals surface area (Å²) >= 11 is 0. The van der Waals surface area contributed by atoms with Crippen LogP contribution in [0.4, 0.5) is 0 Å². The van der Waals surface area contributed by atoms with Crippen molar-refractivity contribution in [2.75, 3.05) is 33.2 Å². The van der Waals surface area contributed by atoms with Gasteiger partial charge in [0.2, 0.25) is 0 Å². The molecule has 2 aliphatic heterocycles. The monoisotopic (exact) mass is 344 g/mol. The third-order valence-corrected chi connectivity index (χ3v) is 6.00. The smallest absolute Gasteiger partial charge is 0.253 e. The van der Waals surface area contributed by atoms with Crippen molar-refractivity contribution < 1.29 is 9.90 Å². The number of amides is 1. The highest BCUT2D eigenvalue weighted by molar-refractivity contribution is 5.94. The lowest BCUT2D eigenvalue weighted by Crippen LogP contribution is -2.40. The summed E-state index contributed by atoms with van der Waals surface area (Å²) in [7, 11) is 2.18. The van der Waals surface area contributed by atoms with Crippen molar-refractivity contribution in [3.05, 3.63) is 35.4 Å². The summed E-state index contributed by atoms with van der Waals surface area (Å²) in [5, 5.41) is 9.84. The molecule has 25 heavy (non-hydrogen) atoms. The molecule has 2 aliphatic rings. The maximum atomic E-state index is 12.8. The van der Waals surface area contributed by atoms with E-state index in [1.54, 1.807) is 0 Å². The van der Waals surface area contributed by atoms with Crippen LogP contribution in [-0.2, 0) is 6.42 Å². The Morgan fingerprint density at radius 2 is 1.72 bits per heavy atom. The van der Waals surface area contributed by atoms with Gasteiger partial charge < -0.3 is 14.9 Å². The van der Waals surface area contributed by atoms with Crippen LogP contribution in [0.1, 0.15) is 55.5 Å². The van der Waals surface area contributed by atoms with Crippen LogP contribution >= 0.6 is 0 Å². The molecule has 4 nitrogen and oxygen atoms in total. The minimum atomic E-state index is -0.646. The fraction of sp³-hybridized carbons (Fsp3) is 0.667. The van der Waals surface area contributed by atoms with E-state index in [1.165, 1.54) is 18.4 Å². The van der Waals surface area contributed by atoms with E-state index in [1.807, 2.05) is 38.1 Å². The highest BCUT2D eigenvalue weighted by Gasteiger charge is 2.41.